The second kappa shape index (κ2) is 23.6. The number of nitrogens with zero attached hydrogens (tertiary/aromatic N) is 1. The number of carbonyl (C=O) groups excluding carboxylic acids is 3. The van der Waals surface area contributed by atoms with Crippen LogP contribution in [-0.2, 0) is 4.79 Å². The first-order valence-electron chi connectivity index (χ1n) is 26.6. The van der Waals surface area contributed by atoms with Crippen LogP contribution in [-0.4, -0.2) is 35.6 Å². The minimum Gasteiger partial charge on any atom is -0.484 e. The lowest BCUT2D eigenvalue weighted by Crippen LogP contribution is -2.34. The van der Waals surface area contributed by atoms with Crippen LogP contribution < -0.4 is 15.2 Å². The van der Waals surface area contributed by atoms with Gasteiger partial charge in [0.15, 0.2) is 10.8 Å². The molecule has 1 aliphatic carbocycles. The number of benzene rings is 2. The summed E-state index contributed by atoms with van der Waals surface area (Å²) in [6.45, 7) is 18.3. The van der Waals surface area contributed by atoms with Gasteiger partial charge < -0.3 is 4.74 Å². The maximum atomic E-state index is 15.6. The van der Waals surface area contributed by atoms with Gasteiger partial charge in [-0.1, -0.05) is 160 Å². The molecule has 4 aromatic heterocycles. The van der Waals surface area contributed by atoms with Crippen LogP contribution in [0.2, 0.25) is 0 Å². The fraction of sp³-hybridized carbons (Fsp3) is 0.517. The van der Waals surface area contributed by atoms with Gasteiger partial charge >= 0.3 is 0 Å². The normalized spacial score (nSPS) is 14.1. The molecule has 0 saturated carbocycles. The highest BCUT2D eigenvalue weighted by atomic mass is 32.1. The first-order chi connectivity index (χ1) is 33.5. The number of hydrogen-bond acceptors (Lipinski definition) is 8. The number of imide groups is 1. The molecule has 1 unspecified atom stereocenters. The molecule has 0 fully saturated rings. The van der Waals surface area contributed by atoms with E-state index in [4.69, 9.17) is 4.74 Å². The summed E-state index contributed by atoms with van der Waals surface area (Å²) < 4.78 is 8.85. The molecule has 0 radical (unpaired) electrons. The zero-order valence-electron chi connectivity index (χ0n) is 42.8. The average molecular weight is 1000 g/mol. The smallest absolute Gasteiger partial charge is 0.262 e. The lowest BCUT2D eigenvalue weighted by atomic mass is 9.96. The lowest BCUT2D eigenvalue weighted by molar-refractivity contribution is -0.108. The van der Waals surface area contributed by atoms with Gasteiger partial charge in [0.2, 0.25) is 0 Å². The molecule has 368 valence electrons. The van der Waals surface area contributed by atoms with Gasteiger partial charge in [0.1, 0.15) is 0 Å². The van der Waals surface area contributed by atoms with Crippen molar-refractivity contribution in [1.29, 1.82) is 0 Å². The van der Waals surface area contributed by atoms with Crippen molar-refractivity contribution in [3.8, 4) is 15.5 Å². The van der Waals surface area contributed by atoms with Gasteiger partial charge in [0.25, 0.3) is 11.8 Å². The predicted molar refractivity (Wildman–Crippen MR) is 298 cm³/mol. The Morgan fingerprint density at radius 3 is 1.68 bits per heavy atom. The lowest BCUT2D eigenvalue weighted by Gasteiger charge is -2.21. The van der Waals surface area contributed by atoms with Crippen LogP contribution in [0.4, 0.5) is 0 Å². The standard InChI is InChI=1S/C60H75NO4S4/c1-9-12-14-16-17-18-19-20-21-22-23-24-25-27-31-65-47-35-45-44-34-41(8)67-57(44)50-51(58(45)69-47)53(54(62)52(50)55-38(5)32-40(7)66-55)56-39(6)33-46(68-56)43-30-29-37(4)48-49(43)60(64)61(59(48)63)36-42(11-3)28-26-15-13-10-2/h29-30,32-35,42H,9-28,31,36H2,1-8H3. The summed E-state index contributed by atoms with van der Waals surface area (Å²) >= 11 is 6.74. The number of Topliss-reactive ketones (excluding diaryl/α,β-unsaturated/α-hetero) is 1. The van der Waals surface area contributed by atoms with Gasteiger partial charge in [-0.25, -0.2) is 0 Å². The fourth-order valence-corrected chi connectivity index (χ4v) is 15.4. The summed E-state index contributed by atoms with van der Waals surface area (Å²) in [5.74, 6) is -0.0414. The second-order valence-corrected chi connectivity index (χ2v) is 24.8. The van der Waals surface area contributed by atoms with Gasteiger partial charge in [0, 0.05) is 84.3 Å². The van der Waals surface area contributed by atoms with Crippen LogP contribution in [0.5, 0.6) is 5.06 Å². The molecule has 1 aliphatic heterocycles. The van der Waals surface area contributed by atoms with E-state index in [0.717, 1.165) is 104 Å². The highest BCUT2D eigenvalue weighted by Crippen LogP contribution is 2.45. The third-order valence-electron chi connectivity index (χ3n) is 14.7. The average Bonchev–Trinajstić information content (AvgIpc) is 4.18. The summed E-state index contributed by atoms with van der Waals surface area (Å²) in [6.07, 6.45) is 25.2. The van der Waals surface area contributed by atoms with Crippen LogP contribution in [0, 0.1) is 40.5 Å². The minimum atomic E-state index is -0.195. The largest absolute Gasteiger partial charge is 0.484 e. The number of fused-ring (bicyclic) bond motifs is 7. The number of carbonyl (C=O) groups is 3. The van der Waals surface area contributed by atoms with E-state index in [-0.39, 0.29) is 23.5 Å². The number of ether oxygens (including phenoxy) is 1. The van der Waals surface area contributed by atoms with Gasteiger partial charge in [-0.2, -0.15) is 0 Å². The van der Waals surface area contributed by atoms with Crippen molar-refractivity contribution in [1.82, 2.24) is 4.90 Å². The van der Waals surface area contributed by atoms with Crippen molar-refractivity contribution in [2.75, 3.05) is 13.2 Å². The molecule has 0 bridgehead atoms. The zero-order chi connectivity index (χ0) is 48.8. The number of rotatable bonds is 27. The highest BCUT2D eigenvalue weighted by Gasteiger charge is 2.41. The van der Waals surface area contributed by atoms with E-state index in [9.17, 15) is 9.59 Å². The van der Waals surface area contributed by atoms with Crippen molar-refractivity contribution >= 4 is 94.3 Å². The number of ketones is 1. The van der Waals surface area contributed by atoms with Crippen molar-refractivity contribution < 1.29 is 19.1 Å². The Hall–Kier alpha value is -3.89. The van der Waals surface area contributed by atoms with E-state index in [1.54, 1.807) is 45.3 Å². The molecule has 2 amide bonds. The number of aryl methyl sites for hydroxylation is 5. The minimum absolute atomic E-state index is 0.0562. The molecular weight excluding hydrogens is 927 g/mol. The number of hydrogen-bond donors (Lipinski definition) is 0. The van der Waals surface area contributed by atoms with Gasteiger partial charge in [-0.15, -0.1) is 34.0 Å². The van der Waals surface area contributed by atoms with Crippen molar-refractivity contribution in [2.24, 2.45) is 5.92 Å². The summed E-state index contributed by atoms with van der Waals surface area (Å²) in [7, 11) is 0. The zero-order valence-corrected chi connectivity index (χ0v) is 46.1. The van der Waals surface area contributed by atoms with E-state index in [1.165, 1.54) is 123 Å². The molecule has 0 saturated heterocycles. The van der Waals surface area contributed by atoms with E-state index >= 15 is 4.79 Å². The molecule has 0 spiro atoms. The van der Waals surface area contributed by atoms with E-state index < -0.39 is 0 Å². The Labute approximate surface area is 428 Å². The molecule has 9 heteroatoms. The Morgan fingerprint density at radius 2 is 1.07 bits per heavy atom. The van der Waals surface area contributed by atoms with E-state index in [1.807, 2.05) is 19.1 Å². The van der Waals surface area contributed by atoms with Crippen LogP contribution in [0.1, 0.15) is 206 Å². The molecule has 5 nitrogen and oxygen atoms in total. The maximum Gasteiger partial charge on any atom is 0.262 e. The summed E-state index contributed by atoms with van der Waals surface area (Å²) in [6, 6.07) is 12.9. The number of thiophene rings is 4. The molecule has 2 aliphatic rings. The van der Waals surface area contributed by atoms with Crippen LogP contribution in [0.15, 0.2) is 36.4 Å². The molecule has 8 rings (SSSR count). The summed E-state index contributed by atoms with van der Waals surface area (Å²) in [5.41, 5.74) is 6.28. The van der Waals surface area contributed by atoms with E-state index in [0.29, 0.717) is 24.3 Å². The van der Waals surface area contributed by atoms with Crippen molar-refractivity contribution in [3.63, 3.8) is 0 Å². The van der Waals surface area contributed by atoms with Crippen LogP contribution >= 0.6 is 45.3 Å². The van der Waals surface area contributed by atoms with Gasteiger partial charge in [0.05, 0.1) is 17.7 Å². The van der Waals surface area contributed by atoms with Gasteiger partial charge in [-0.3, -0.25) is 19.3 Å². The monoisotopic (exact) mass is 1000 g/mol. The third-order valence-corrected chi connectivity index (χ3v) is 19.3. The second-order valence-electron chi connectivity index (χ2n) is 20.2. The van der Waals surface area contributed by atoms with Crippen molar-refractivity contribution in [3.05, 3.63) is 94.2 Å². The highest BCUT2D eigenvalue weighted by molar-refractivity contribution is 7.22. The summed E-state index contributed by atoms with van der Waals surface area (Å²) in [5, 5.41) is 5.28. The number of unbranched alkanes of at least 4 members (excludes halogenated alkanes) is 16. The molecule has 2 aromatic carbocycles. The Kier molecular flexibility index (Phi) is 17.6. The van der Waals surface area contributed by atoms with E-state index in [2.05, 4.69) is 72.7 Å². The molecule has 6 aromatic rings. The maximum absolute atomic E-state index is 15.6. The van der Waals surface area contributed by atoms with Crippen LogP contribution in [0.3, 0.4) is 0 Å². The van der Waals surface area contributed by atoms with Gasteiger partial charge in [-0.05, 0) is 88.3 Å². The molecule has 1 atom stereocenters. The SMILES string of the molecule is CCCCCCCCCCCCCCCCOc1cc2c(s1)c1c(c3sc(C)cc32)=C(c2sc(C)cc2C)C(=O)C=1c1sc(-c2ccc(C)c3c2C(=O)N(CC(CC)CCCCCC)C3=O)cc1C. The first kappa shape index (κ1) is 51.5. The van der Waals surface area contributed by atoms with Crippen LogP contribution in [0.25, 0.3) is 41.8 Å². The third kappa shape index (κ3) is 11.0. The molecular formula is C60H75NO4S4. The Morgan fingerprint density at radius 1 is 0.536 bits per heavy atom. The topological polar surface area (TPSA) is 63.7 Å². The predicted octanol–water partition coefficient (Wildman–Crippen LogP) is 16.9. The fourth-order valence-electron chi connectivity index (χ4n) is 10.9. The molecule has 0 N–H and O–H groups in total. The molecule has 69 heavy (non-hydrogen) atoms. The first-order valence-corrected chi connectivity index (χ1v) is 29.8. The Bertz CT molecular complexity index is 2960. The summed E-state index contributed by atoms with van der Waals surface area (Å²) in [4.78, 5) is 51.1. The molecule has 5 heterocycles. The Balaban J connectivity index is 1.10. The number of amides is 2. The quantitative estimate of drug-likeness (QED) is 0.0381. The van der Waals surface area contributed by atoms with Crippen molar-refractivity contribution in [2.45, 2.75) is 184 Å².